The van der Waals surface area contributed by atoms with Crippen LogP contribution in [0.3, 0.4) is 0 Å². The van der Waals surface area contributed by atoms with Crippen LogP contribution in [0.15, 0.2) is 48.5 Å². The van der Waals surface area contributed by atoms with Gasteiger partial charge in [0.25, 0.3) is 0 Å². The lowest BCUT2D eigenvalue weighted by atomic mass is 9.81. The predicted molar refractivity (Wildman–Crippen MR) is 133 cm³/mol. The molecule has 3 atom stereocenters. The third-order valence-corrected chi connectivity index (χ3v) is 7.40. The Morgan fingerprint density at radius 1 is 1.00 bits per heavy atom. The molecule has 0 aliphatic heterocycles. The van der Waals surface area contributed by atoms with Gasteiger partial charge >= 0.3 is 12.1 Å². The van der Waals surface area contributed by atoms with Crippen molar-refractivity contribution in [1.29, 1.82) is 0 Å². The number of hydrogen-bond donors (Lipinski definition) is 3. The van der Waals surface area contributed by atoms with E-state index < -0.39 is 18.0 Å². The van der Waals surface area contributed by atoms with Gasteiger partial charge in [0.1, 0.15) is 6.61 Å². The van der Waals surface area contributed by atoms with Crippen molar-refractivity contribution in [2.24, 2.45) is 17.8 Å². The number of nitrogens with one attached hydrogen (secondary N) is 2. The van der Waals surface area contributed by atoms with Crippen LogP contribution in [0.25, 0.3) is 11.1 Å². The van der Waals surface area contributed by atoms with Crippen molar-refractivity contribution in [2.75, 3.05) is 19.7 Å². The van der Waals surface area contributed by atoms with Crippen LogP contribution in [-0.2, 0) is 14.3 Å². The molecule has 3 N–H and O–H groups in total. The van der Waals surface area contributed by atoms with Crippen LogP contribution in [0, 0.1) is 17.8 Å². The fraction of sp³-hybridized carbons (Fsp3) is 0.464. The molecule has 0 bridgehead atoms. The van der Waals surface area contributed by atoms with E-state index in [1.165, 1.54) is 22.3 Å². The molecular formula is C28H34N2O5. The van der Waals surface area contributed by atoms with Gasteiger partial charge in [-0.1, -0.05) is 61.9 Å². The molecule has 7 nitrogen and oxygen atoms in total. The number of amides is 2. The fourth-order valence-corrected chi connectivity index (χ4v) is 5.37. The minimum Gasteiger partial charge on any atom is -0.481 e. The Bertz CT molecular complexity index is 1020. The Hall–Kier alpha value is -3.35. The second-order valence-corrected chi connectivity index (χ2v) is 9.62. The molecule has 2 aliphatic carbocycles. The van der Waals surface area contributed by atoms with Crippen molar-refractivity contribution in [3.05, 3.63) is 59.7 Å². The van der Waals surface area contributed by atoms with E-state index in [0.717, 1.165) is 19.3 Å². The van der Waals surface area contributed by atoms with E-state index in [2.05, 4.69) is 34.9 Å². The number of carboxylic acids is 1. The van der Waals surface area contributed by atoms with Crippen LogP contribution in [-0.4, -0.2) is 42.8 Å². The van der Waals surface area contributed by atoms with Gasteiger partial charge in [0.05, 0.1) is 5.92 Å². The smallest absolute Gasteiger partial charge is 0.407 e. The second kappa shape index (κ2) is 11.4. The van der Waals surface area contributed by atoms with E-state index in [4.69, 9.17) is 9.84 Å². The molecular weight excluding hydrogens is 444 g/mol. The maximum atomic E-state index is 12.6. The molecule has 1 saturated carbocycles. The summed E-state index contributed by atoms with van der Waals surface area (Å²) < 4.78 is 5.62. The van der Waals surface area contributed by atoms with E-state index in [1.54, 1.807) is 6.92 Å². The van der Waals surface area contributed by atoms with E-state index in [9.17, 15) is 14.4 Å². The molecule has 0 spiro atoms. The molecule has 0 saturated heterocycles. The van der Waals surface area contributed by atoms with Crippen LogP contribution >= 0.6 is 0 Å². The SMILES string of the molecule is CCC(CNC(=O)C1CCCC(CNC(=O)OCC2c3ccccc3-c3ccccc32)C1)C(=O)O. The van der Waals surface area contributed by atoms with Crippen LogP contribution < -0.4 is 10.6 Å². The normalized spacial score (nSPS) is 19.8. The highest BCUT2D eigenvalue weighted by Gasteiger charge is 2.30. The largest absolute Gasteiger partial charge is 0.481 e. The summed E-state index contributed by atoms with van der Waals surface area (Å²) in [5.74, 6) is -1.47. The molecule has 2 aromatic carbocycles. The summed E-state index contributed by atoms with van der Waals surface area (Å²) >= 11 is 0. The highest BCUT2D eigenvalue weighted by Crippen LogP contribution is 2.44. The molecule has 35 heavy (non-hydrogen) atoms. The maximum absolute atomic E-state index is 12.6. The summed E-state index contributed by atoms with van der Waals surface area (Å²) in [6.45, 7) is 2.70. The molecule has 0 aromatic heterocycles. The summed E-state index contributed by atoms with van der Waals surface area (Å²) in [4.78, 5) is 36.2. The molecule has 2 aliphatic rings. The van der Waals surface area contributed by atoms with Crippen LogP contribution in [0.5, 0.6) is 0 Å². The van der Waals surface area contributed by atoms with Crippen molar-refractivity contribution in [3.8, 4) is 11.1 Å². The Morgan fingerprint density at radius 3 is 2.29 bits per heavy atom. The van der Waals surface area contributed by atoms with E-state index in [-0.39, 0.29) is 36.8 Å². The Kier molecular flexibility index (Phi) is 8.06. The zero-order valence-corrected chi connectivity index (χ0v) is 20.2. The lowest BCUT2D eigenvalue weighted by molar-refractivity contribution is -0.141. The standard InChI is InChI=1S/C28H34N2O5/c1-2-19(27(32)33)16-29-26(31)20-9-7-8-18(14-20)15-30-28(34)35-17-25-23-12-5-3-10-21(23)22-11-4-6-13-24(22)25/h3-6,10-13,18-20,25H,2,7-9,14-17H2,1H3,(H,29,31)(H,30,34)(H,32,33). The summed E-state index contributed by atoms with van der Waals surface area (Å²) in [7, 11) is 0. The molecule has 2 amide bonds. The third kappa shape index (κ3) is 5.84. The summed E-state index contributed by atoms with van der Waals surface area (Å²) in [5, 5.41) is 14.9. The monoisotopic (exact) mass is 478 g/mol. The minimum atomic E-state index is -0.887. The number of aliphatic carboxylic acids is 1. The number of carboxylic acid groups (broad SMARTS) is 1. The molecule has 0 heterocycles. The summed E-state index contributed by atoms with van der Waals surface area (Å²) in [6.07, 6.45) is 3.36. The van der Waals surface area contributed by atoms with Gasteiger partial charge in [-0.05, 0) is 53.9 Å². The van der Waals surface area contributed by atoms with Crippen molar-refractivity contribution in [3.63, 3.8) is 0 Å². The molecule has 0 radical (unpaired) electrons. The van der Waals surface area contributed by atoms with Crippen molar-refractivity contribution in [2.45, 2.75) is 44.9 Å². The van der Waals surface area contributed by atoms with Gasteiger partial charge in [-0.2, -0.15) is 0 Å². The zero-order chi connectivity index (χ0) is 24.8. The first-order chi connectivity index (χ1) is 17.0. The average Bonchev–Trinajstić information content (AvgIpc) is 3.20. The van der Waals surface area contributed by atoms with Gasteiger partial charge < -0.3 is 20.5 Å². The van der Waals surface area contributed by atoms with Crippen LogP contribution in [0.4, 0.5) is 4.79 Å². The molecule has 2 aromatic rings. The first-order valence-corrected chi connectivity index (χ1v) is 12.6. The lowest BCUT2D eigenvalue weighted by Gasteiger charge is -2.28. The van der Waals surface area contributed by atoms with Crippen molar-refractivity contribution in [1.82, 2.24) is 10.6 Å². The van der Waals surface area contributed by atoms with Gasteiger partial charge in [0, 0.05) is 24.9 Å². The van der Waals surface area contributed by atoms with E-state index in [0.29, 0.717) is 19.4 Å². The quantitative estimate of drug-likeness (QED) is 0.490. The summed E-state index contributed by atoms with van der Waals surface area (Å²) in [5.41, 5.74) is 4.74. The van der Waals surface area contributed by atoms with Crippen molar-refractivity contribution >= 4 is 18.0 Å². The first kappa shape index (κ1) is 24.8. The number of hydrogen-bond acceptors (Lipinski definition) is 4. The predicted octanol–water partition coefficient (Wildman–Crippen LogP) is 4.56. The highest BCUT2D eigenvalue weighted by molar-refractivity contribution is 5.80. The Labute approximate surface area is 206 Å². The zero-order valence-electron chi connectivity index (χ0n) is 20.2. The fourth-order valence-electron chi connectivity index (χ4n) is 5.37. The van der Waals surface area contributed by atoms with Crippen LogP contribution in [0.2, 0.25) is 0 Å². The third-order valence-electron chi connectivity index (χ3n) is 7.40. The second-order valence-electron chi connectivity index (χ2n) is 9.62. The Balaban J connectivity index is 1.24. The minimum absolute atomic E-state index is 0.0219. The number of carbonyl (C=O) groups is 3. The number of benzene rings is 2. The number of alkyl carbamates (subject to hydrolysis) is 1. The molecule has 186 valence electrons. The van der Waals surface area contributed by atoms with E-state index >= 15 is 0 Å². The molecule has 7 heteroatoms. The maximum Gasteiger partial charge on any atom is 0.407 e. The Morgan fingerprint density at radius 2 is 1.66 bits per heavy atom. The van der Waals surface area contributed by atoms with Gasteiger partial charge in [0.15, 0.2) is 0 Å². The lowest BCUT2D eigenvalue weighted by Crippen LogP contribution is -2.40. The number of carbonyl (C=O) groups excluding carboxylic acids is 2. The van der Waals surface area contributed by atoms with E-state index in [1.807, 2.05) is 24.3 Å². The van der Waals surface area contributed by atoms with Gasteiger partial charge in [0.2, 0.25) is 5.91 Å². The topological polar surface area (TPSA) is 105 Å². The molecule has 3 unspecified atom stereocenters. The molecule has 1 fully saturated rings. The summed E-state index contributed by atoms with van der Waals surface area (Å²) in [6, 6.07) is 16.5. The highest BCUT2D eigenvalue weighted by atomic mass is 16.5. The number of rotatable bonds is 9. The number of ether oxygens (including phenoxy) is 1. The van der Waals surface area contributed by atoms with Crippen LogP contribution in [0.1, 0.15) is 56.1 Å². The number of fused-ring (bicyclic) bond motifs is 3. The van der Waals surface area contributed by atoms with Gasteiger partial charge in [-0.3, -0.25) is 9.59 Å². The van der Waals surface area contributed by atoms with Gasteiger partial charge in [-0.15, -0.1) is 0 Å². The molecule has 4 rings (SSSR count). The van der Waals surface area contributed by atoms with Crippen molar-refractivity contribution < 1.29 is 24.2 Å². The first-order valence-electron chi connectivity index (χ1n) is 12.6. The average molecular weight is 479 g/mol. The van der Waals surface area contributed by atoms with Gasteiger partial charge in [-0.25, -0.2) is 4.79 Å².